The van der Waals surface area contributed by atoms with Crippen LogP contribution in [0.15, 0.2) is 18.2 Å². The predicted molar refractivity (Wildman–Crippen MR) is 64.4 cm³/mol. The van der Waals surface area contributed by atoms with Crippen molar-refractivity contribution in [2.45, 2.75) is 19.4 Å². The molecule has 0 heterocycles. The first-order valence-electron chi connectivity index (χ1n) is 5.32. The minimum Gasteiger partial charge on any atom is -0.490 e. The third-order valence-electron chi connectivity index (χ3n) is 2.39. The van der Waals surface area contributed by atoms with Crippen LogP contribution >= 0.6 is 0 Å². The van der Waals surface area contributed by atoms with E-state index in [4.69, 9.17) is 4.74 Å². The minimum absolute atomic E-state index is 0.0749. The molecule has 0 aliphatic rings. The maximum atomic E-state index is 10.7. The molecule has 6 heteroatoms. The maximum Gasteiger partial charge on any atom is 0.311 e. The molecule has 17 heavy (non-hydrogen) atoms. The molecule has 1 aromatic rings. The van der Waals surface area contributed by atoms with Crippen molar-refractivity contribution >= 4 is 11.4 Å². The smallest absolute Gasteiger partial charge is 0.311 e. The van der Waals surface area contributed by atoms with Gasteiger partial charge in [-0.25, -0.2) is 0 Å². The lowest BCUT2D eigenvalue weighted by molar-refractivity contribution is -0.385. The largest absolute Gasteiger partial charge is 0.490 e. The van der Waals surface area contributed by atoms with Crippen LogP contribution in [-0.4, -0.2) is 29.8 Å². The van der Waals surface area contributed by atoms with Crippen LogP contribution in [0.25, 0.3) is 0 Å². The van der Waals surface area contributed by atoms with E-state index in [2.05, 4.69) is 5.32 Å². The van der Waals surface area contributed by atoms with Gasteiger partial charge in [-0.2, -0.15) is 0 Å². The lowest BCUT2D eigenvalue weighted by atomic mass is 10.2. The van der Waals surface area contributed by atoms with Crippen molar-refractivity contribution in [1.82, 2.24) is 0 Å². The summed E-state index contributed by atoms with van der Waals surface area (Å²) in [5, 5.41) is 23.0. The summed E-state index contributed by atoms with van der Waals surface area (Å²) in [6.07, 6.45) is 0.216. The number of nitrogens with one attached hydrogen (secondary N) is 1. The molecule has 0 amide bonds. The number of nitrogens with zero attached hydrogens (tertiary/aromatic N) is 1. The number of aliphatic hydroxyl groups is 1. The molecule has 0 aliphatic carbocycles. The summed E-state index contributed by atoms with van der Waals surface area (Å²) in [6.45, 7) is 2.28. The highest BCUT2D eigenvalue weighted by molar-refractivity contribution is 5.57. The van der Waals surface area contributed by atoms with E-state index < -0.39 is 11.0 Å². The van der Waals surface area contributed by atoms with Crippen LogP contribution in [0, 0.1) is 10.1 Å². The van der Waals surface area contributed by atoms with Gasteiger partial charge in [0.05, 0.1) is 18.1 Å². The molecule has 94 valence electrons. The Kier molecular flexibility index (Phi) is 4.71. The Morgan fingerprint density at radius 2 is 2.29 bits per heavy atom. The lowest BCUT2D eigenvalue weighted by Crippen LogP contribution is -2.18. The van der Waals surface area contributed by atoms with Crippen molar-refractivity contribution in [3.8, 4) is 5.75 Å². The fourth-order valence-electron chi connectivity index (χ4n) is 1.32. The van der Waals surface area contributed by atoms with Gasteiger partial charge in [0.2, 0.25) is 0 Å². The molecule has 0 spiro atoms. The number of rotatable bonds is 6. The van der Waals surface area contributed by atoms with E-state index in [-0.39, 0.29) is 11.4 Å². The Hall–Kier alpha value is -1.82. The van der Waals surface area contributed by atoms with Gasteiger partial charge in [-0.15, -0.1) is 0 Å². The van der Waals surface area contributed by atoms with Crippen LogP contribution in [0.3, 0.4) is 0 Å². The van der Waals surface area contributed by atoms with Crippen molar-refractivity contribution in [2.24, 2.45) is 0 Å². The van der Waals surface area contributed by atoms with Gasteiger partial charge >= 0.3 is 5.69 Å². The van der Waals surface area contributed by atoms with Crippen LogP contribution in [0.5, 0.6) is 5.75 Å². The molecule has 0 aromatic heterocycles. The highest BCUT2D eigenvalue weighted by atomic mass is 16.6. The second-order valence-corrected chi connectivity index (χ2v) is 3.59. The number of anilines is 1. The Labute approximate surface area is 99.4 Å². The van der Waals surface area contributed by atoms with Crippen LogP contribution < -0.4 is 10.1 Å². The van der Waals surface area contributed by atoms with Gasteiger partial charge in [0.15, 0.2) is 5.75 Å². The molecule has 0 radical (unpaired) electrons. The summed E-state index contributed by atoms with van der Waals surface area (Å²) < 4.78 is 4.94. The minimum atomic E-state index is -0.497. The van der Waals surface area contributed by atoms with Gasteiger partial charge < -0.3 is 15.2 Å². The van der Waals surface area contributed by atoms with Gasteiger partial charge in [0.1, 0.15) is 0 Å². The van der Waals surface area contributed by atoms with E-state index in [1.54, 1.807) is 12.1 Å². The number of nitro groups is 1. The van der Waals surface area contributed by atoms with E-state index in [1.807, 2.05) is 6.92 Å². The molecule has 1 rings (SSSR count). The van der Waals surface area contributed by atoms with Gasteiger partial charge in [0, 0.05) is 24.4 Å². The second-order valence-electron chi connectivity index (χ2n) is 3.59. The summed E-state index contributed by atoms with van der Waals surface area (Å²) in [5.74, 6) is 0.200. The number of nitro benzene ring substituents is 1. The molecule has 0 fully saturated rings. The quantitative estimate of drug-likeness (QED) is 0.585. The molecule has 0 aliphatic heterocycles. The molecule has 1 unspecified atom stereocenters. The Morgan fingerprint density at radius 3 is 2.82 bits per heavy atom. The average molecular weight is 240 g/mol. The number of benzene rings is 1. The molecule has 1 aromatic carbocycles. The van der Waals surface area contributed by atoms with E-state index in [1.165, 1.54) is 13.2 Å². The van der Waals surface area contributed by atoms with Crippen molar-refractivity contribution in [1.29, 1.82) is 0 Å². The monoisotopic (exact) mass is 240 g/mol. The van der Waals surface area contributed by atoms with Crippen molar-refractivity contribution in [3.05, 3.63) is 28.3 Å². The third-order valence-corrected chi connectivity index (χ3v) is 2.39. The van der Waals surface area contributed by atoms with Crippen LogP contribution in [0.4, 0.5) is 11.4 Å². The predicted octanol–water partition coefficient (Wildman–Crippen LogP) is 1.79. The first-order valence-corrected chi connectivity index (χ1v) is 5.32. The number of hydrogen-bond acceptors (Lipinski definition) is 5. The highest BCUT2D eigenvalue weighted by Gasteiger charge is 2.14. The highest BCUT2D eigenvalue weighted by Crippen LogP contribution is 2.29. The number of aliphatic hydroxyl groups excluding tert-OH is 1. The zero-order valence-corrected chi connectivity index (χ0v) is 9.84. The first-order chi connectivity index (χ1) is 8.08. The molecule has 0 saturated carbocycles. The maximum absolute atomic E-state index is 10.7. The fraction of sp³-hybridized carbons (Fsp3) is 0.455. The van der Waals surface area contributed by atoms with Gasteiger partial charge in [-0.05, 0) is 12.5 Å². The first kappa shape index (κ1) is 13.2. The van der Waals surface area contributed by atoms with Gasteiger partial charge in [0.25, 0.3) is 0 Å². The van der Waals surface area contributed by atoms with E-state index in [0.29, 0.717) is 18.7 Å². The Bertz CT molecular complexity index is 395. The summed E-state index contributed by atoms with van der Waals surface area (Å²) in [6, 6.07) is 4.50. The topological polar surface area (TPSA) is 84.6 Å². The Morgan fingerprint density at radius 1 is 1.59 bits per heavy atom. The van der Waals surface area contributed by atoms with Gasteiger partial charge in [-0.3, -0.25) is 10.1 Å². The molecule has 6 nitrogen and oxygen atoms in total. The molecule has 0 bridgehead atoms. The zero-order chi connectivity index (χ0) is 12.8. The number of methoxy groups -OCH3 is 1. The van der Waals surface area contributed by atoms with Crippen molar-refractivity contribution in [3.63, 3.8) is 0 Å². The van der Waals surface area contributed by atoms with Crippen molar-refractivity contribution in [2.75, 3.05) is 19.0 Å². The third kappa shape index (κ3) is 3.60. The van der Waals surface area contributed by atoms with Crippen LogP contribution in [0.2, 0.25) is 0 Å². The van der Waals surface area contributed by atoms with Crippen LogP contribution in [-0.2, 0) is 0 Å². The van der Waals surface area contributed by atoms with Gasteiger partial charge in [-0.1, -0.05) is 6.92 Å². The normalized spacial score (nSPS) is 11.9. The average Bonchev–Trinajstić information content (AvgIpc) is 2.35. The molecule has 0 saturated heterocycles. The molecule has 2 N–H and O–H groups in total. The van der Waals surface area contributed by atoms with E-state index >= 15 is 0 Å². The SMILES string of the molecule is CCC(O)CNc1ccc([N+](=O)[O-])c(OC)c1. The summed E-state index contributed by atoms with van der Waals surface area (Å²) in [5.41, 5.74) is 0.606. The Balaban J connectivity index is 2.79. The fourth-order valence-corrected chi connectivity index (χ4v) is 1.32. The summed E-state index contributed by atoms with van der Waals surface area (Å²) >= 11 is 0. The van der Waals surface area contributed by atoms with E-state index in [0.717, 1.165) is 0 Å². The standard InChI is InChI=1S/C11H16N2O4/c1-3-9(14)7-12-8-4-5-10(13(15)16)11(6-8)17-2/h4-6,9,12,14H,3,7H2,1-2H3. The zero-order valence-electron chi connectivity index (χ0n) is 9.84. The summed E-state index contributed by atoms with van der Waals surface area (Å²) in [4.78, 5) is 10.2. The number of ether oxygens (including phenoxy) is 1. The van der Waals surface area contributed by atoms with Crippen molar-refractivity contribution < 1.29 is 14.8 Å². The summed E-state index contributed by atoms with van der Waals surface area (Å²) in [7, 11) is 1.38. The molecular formula is C11H16N2O4. The lowest BCUT2D eigenvalue weighted by Gasteiger charge is -2.11. The van der Waals surface area contributed by atoms with Crippen LogP contribution in [0.1, 0.15) is 13.3 Å². The molecule has 1 atom stereocenters. The van der Waals surface area contributed by atoms with E-state index in [9.17, 15) is 15.2 Å². The number of hydrogen-bond donors (Lipinski definition) is 2. The molecular weight excluding hydrogens is 224 g/mol. The second kappa shape index (κ2) is 6.05.